The Bertz CT molecular complexity index is 693. The van der Waals surface area contributed by atoms with Gasteiger partial charge in [0.25, 0.3) is 0 Å². The summed E-state index contributed by atoms with van der Waals surface area (Å²) in [7, 11) is -3.57. The van der Waals surface area contributed by atoms with Crippen molar-refractivity contribution in [3.8, 4) is 0 Å². The second-order valence-electron chi connectivity index (χ2n) is 6.17. The zero-order chi connectivity index (χ0) is 16.0. The van der Waals surface area contributed by atoms with Crippen molar-refractivity contribution in [1.82, 2.24) is 4.72 Å². The fraction of sp³-hybridized carbons (Fsp3) is 0.533. The number of nitrogens with one attached hydrogen (secondary N) is 2. The van der Waals surface area contributed by atoms with Crippen LogP contribution in [0.15, 0.2) is 17.0 Å². The van der Waals surface area contributed by atoms with E-state index < -0.39 is 15.4 Å². The molecule has 2 rings (SSSR count). The predicted molar refractivity (Wildman–Crippen MR) is 82.9 cm³/mol. The van der Waals surface area contributed by atoms with Crippen molar-refractivity contribution >= 4 is 21.6 Å². The lowest BCUT2D eigenvalue weighted by atomic mass is 9.85. The number of carbonyl (C=O) groups excluding carboxylic acids is 1. The number of benzene rings is 1. The summed E-state index contributed by atoms with van der Waals surface area (Å²) in [5.74, 6) is -0.106. The SMILES string of the molecule is CC[C@H](C)NS(=O)(=O)c1cc(C)c2c(c1)C(C)(C)C(=O)N2. The molecular formula is C15H22N2O3S. The van der Waals surface area contributed by atoms with E-state index in [1.54, 1.807) is 26.0 Å². The van der Waals surface area contributed by atoms with Crippen molar-refractivity contribution in [2.24, 2.45) is 0 Å². The van der Waals surface area contributed by atoms with Crippen molar-refractivity contribution in [1.29, 1.82) is 0 Å². The average molecular weight is 310 g/mol. The van der Waals surface area contributed by atoms with Crippen LogP contribution in [-0.2, 0) is 20.2 Å². The molecule has 1 aromatic carbocycles. The molecule has 6 heteroatoms. The van der Waals surface area contributed by atoms with Gasteiger partial charge in [0.1, 0.15) is 0 Å². The standard InChI is InChI=1S/C15H22N2O3S/c1-6-10(3)17-21(19,20)11-7-9(2)13-12(8-11)15(4,5)14(18)16-13/h7-8,10,17H,6H2,1-5H3,(H,16,18)/t10-/m0/s1. The summed E-state index contributed by atoms with van der Waals surface area (Å²) in [4.78, 5) is 12.2. The number of sulfonamides is 1. The number of amides is 1. The first kappa shape index (κ1) is 16.0. The van der Waals surface area contributed by atoms with Crippen LogP contribution in [0.1, 0.15) is 45.2 Å². The molecule has 1 atom stereocenters. The van der Waals surface area contributed by atoms with E-state index in [2.05, 4.69) is 10.0 Å². The molecule has 0 fully saturated rings. The van der Waals surface area contributed by atoms with Gasteiger partial charge in [-0.25, -0.2) is 13.1 Å². The molecule has 1 amide bonds. The Morgan fingerprint density at radius 2 is 1.95 bits per heavy atom. The number of aryl methyl sites for hydroxylation is 1. The largest absolute Gasteiger partial charge is 0.325 e. The van der Waals surface area contributed by atoms with Gasteiger partial charge in [0.15, 0.2) is 0 Å². The van der Waals surface area contributed by atoms with Crippen LogP contribution in [0.5, 0.6) is 0 Å². The van der Waals surface area contributed by atoms with Gasteiger partial charge in [0.2, 0.25) is 15.9 Å². The number of anilines is 1. The minimum Gasteiger partial charge on any atom is -0.325 e. The summed E-state index contributed by atoms with van der Waals surface area (Å²) in [6.07, 6.45) is 0.717. The van der Waals surface area contributed by atoms with Crippen LogP contribution in [0.25, 0.3) is 0 Å². The lowest BCUT2D eigenvalue weighted by Crippen LogP contribution is -2.32. The van der Waals surface area contributed by atoms with E-state index in [-0.39, 0.29) is 16.8 Å². The minimum absolute atomic E-state index is 0.106. The van der Waals surface area contributed by atoms with E-state index in [1.165, 1.54) is 0 Å². The van der Waals surface area contributed by atoms with E-state index in [9.17, 15) is 13.2 Å². The quantitative estimate of drug-likeness (QED) is 0.896. The Hall–Kier alpha value is -1.40. The molecule has 0 bridgehead atoms. The topological polar surface area (TPSA) is 75.3 Å². The molecule has 0 aliphatic carbocycles. The van der Waals surface area contributed by atoms with Crippen LogP contribution < -0.4 is 10.0 Å². The summed E-state index contributed by atoms with van der Waals surface area (Å²) < 4.78 is 27.5. The first-order valence-electron chi connectivity index (χ1n) is 7.08. The first-order chi connectivity index (χ1) is 9.59. The zero-order valence-corrected chi connectivity index (χ0v) is 13.9. The predicted octanol–water partition coefficient (Wildman–Crippen LogP) is 2.30. The van der Waals surface area contributed by atoms with E-state index in [0.717, 1.165) is 16.8 Å². The Morgan fingerprint density at radius 1 is 1.33 bits per heavy atom. The monoisotopic (exact) mass is 310 g/mol. The molecule has 1 aliphatic rings. The molecule has 0 aromatic heterocycles. The normalized spacial score (nSPS) is 18.2. The fourth-order valence-electron chi connectivity index (χ4n) is 2.38. The Morgan fingerprint density at radius 3 is 2.52 bits per heavy atom. The van der Waals surface area contributed by atoms with Crippen molar-refractivity contribution in [3.63, 3.8) is 0 Å². The molecule has 0 spiro atoms. The van der Waals surface area contributed by atoms with Gasteiger partial charge >= 0.3 is 0 Å². The zero-order valence-electron chi connectivity index (χ0n) is 13.1. The molecule has 2 N–H and O–H groups in total. The number of hydrogen-bond donors (Lipinski definition) is 2. The second kappa shape index (κ2) is 5.10. The highest BCUT2D eigenvalue weighted by Gasteiger charge is 2.40. The number of carbonyl (C=O) groups is 1. The van der Waals surface area contributed by atoms with Crippen LogP contribution in [0.3, 0.4) is 0 Å². The maximum absolute atomic E-state index is 12.4. The van der Waals surface area contributed by atoms with Gasteiger partial charge in [0, 0.05) is 11.7 Å². The highest BCUT2D eigenvalue weighted by Crippen LogP contribution is 2.40. The lowest BCUT2D eigenvalue weighted by molar-refractivity contribution is -0.119. The summed E-state index contributed by atoms with van der Waals surface area (Å²) >= 11 is 0. The summed E-state index contributed by atoms with van der Waals surface area (Å²) in [5.41, 5.74) is 1.50. The molecule has 1 aromatic rings. The maximum atomic E-state index is 12.4. The number of fused-ring (bicyclic) bond motifs is 1. The summed E-state index contributed by atoms with van der Waals surface area (Å²) in [6.45, 7) is 9.15. The lowest BCUT2D eigenvalue weighted by Gasteiger charge is -2.18. The number of rotatable bonds is 4. The van der Waals surface area contributed by atoms with Crippen molar-refractivity contribution in [2.75, 3.05) is 5.32 Å². The Kier molecular flexibility index (Phi) is 3.88. The second-order valence-corrected chi connectivity index (χ2v) is 7.89. The summed E-state index contributed by atoms with van der Waals surface area (Å²) in [5, 5.41) is 2.83. The highest BCUT2D eigenvalue weighted by molar-refractivity contribution is 7.89. The molecule has 116 valence electrons. The van der Waals surface area contributed by atoms with E-state index >= 15 is 0 Å². The Labute approximate surface area is 126 Å². The molecule has 21 heavy (non-hydrogen) atoms. The van der Waals surface area contributed by atoms with Crippen LogP contribution in [0.2, 0.25) is 0 Å². The molecule has 0 unspecified atom stereocenters. The van der Waals surface area contributed by atoms with Crippen LogP contribution >= 0.6 is 0 Å². The van der Waals surface area contributed by atoms with Gasteiger partial charge < -0.3 is 5.32 Å². The minimum atomic E-state index is -3.57. The third kappa shape index (κ3) is 2.70. The summed E-state index contributed by atoms with van der Waals surface area (Å²) in [6, 6.07) is 3.08. The molecule has 1 heterocycles. The van der Waals surface area contributed by atoms with Gasteiger partial charge in [-0.05, 0) is 57.4 Å². The average Bonchev–Trinajstić information content (AvgIpc) is 2.61. The third-order valence-corrected chi connectivity index (χ3v) is 5.64. The van der Waals surface area contributed by atoms with E-state index in [4.69, 9.17) is 0 Å². The molecule has 1 aliphatic heterocycles. The molecule has 0 saturated heterocycles. The van der Waals surface area contributed by atoms with Crippen molar-refractivity contribution in [3.05, 3.63) is 23.3 Å². The van der Waals surface area contributed by atoms with Crippen molar-refractivity contribution in [2.45, 2.75) is 57.4 Å². The molecular weight excluding hydrogens is 288 g/mol. The maximum Gasteiger partial charge on any atom is 0.240 e. The Balaban J connectivity index is 2.53. The van der Waals surface area contributed by atoms with E-state index in [0.29, 0.717) is 6.42 Å². The molecule has 5 nitrogen and oxygen atoms in total. The first-order valence-corrected chi connectivity index (χ1v) is 8.56. The molecule has 0 saturated carbocycles. The van der Waals surface area contributed by atoms with Gasteiger partial charge in [-0.1, -0.05) is 6.92 Å². The van der Waals surface area contributed by atoms with Gasteiger partial charge in [-0.3, -0.25) is 4.79 Å². The van der Waals surface area contributed by atoms with Crippen LogP contribution in [0, 0.1) is 6.92 Å². The number of hydrogen-bond acceptors (Lipinski definition) is 3. The smallest absolute Gasteiger partial charge is 0.240 e. The van der Waals surface area contributed by atoms with Gasteiger partial charge in [-0.2, -0.15) is 0 Å². The van der Waals surface area contributed by atoms with E-state index in [1.807, 2.05) is 20.8 Å². The third-order valence-electron chi connectivity index (χ3n) is 4.07. The van der Waals surface area contributed by atoms with Gasteiger partial charge in [0.05, 0.1) is 10.3 Å². The molecule has 0 radical (unpaired) electrons. The van der Waals surface area contributed by atoms with Crippen LogP contribution in [-0.4, -0.2) is 20.4 Å². The fourth-order valence-corrected chi connectivity index (χ4v) is 3.81. The van der Waals surface area contributed by atoms with Crippen molar-refractivity contribution < 1.29 is 13.2 Å². The van der Waals surface area contributed by atoms with Gasteiger partial charge in [-0.15, -0.1) is 0 Å². The highest BCUT2D eigenvalue weighted by atomic mass is 32.2. The van der Waals surface area contributed by atoms with Crippen LogP contribution in [0.4, 0.5) is 5.69 Å².